The molecule has 0 spiro atoms. The lowest BCUT2D eigenvalue weighted by Gasteiger charge is -2.30. The molecule has 18 heavy (non-hydrogen) atoms. The standard InChI is InChI=1S/C11H18N2O2S2.ClH/c1-10-9-13(6-5-12-10)17(14,15)8-4-11-3-2-7-16-11;/h2-3,7,10,12H,4-6,8-9H2,1H3;1H. The van der Waals surface area contributed by atoms with Crippen molar-refractivity contribution < 1.29 is 8.42 Å². The Kier molecular flexibility index (Phi) is 6.07. The average Bonchev–Trinajstić information content (AvgIpc) is 2.79. The van der Waals surface area contributed by atoms with E-state index < -0.39 is 10.0 Å². The SMILES string of the molecule is CC1CN(S(=O)(=O)CCc2cccs2)CCN1.Cl. The molecule has 0 saturated carbocycles. The van der Waals surface area contributed by atoms with E-state index >= 15 is 0 Å². The van der Waals surface area contributed by atoms with E-state index in [9.17, 15) is 8.42 Å². The molecule has 1 aliphatic rings. The second kappa shape index (κ2) is 6.86. The Balaban J connectivity index is 0.00000162. The Bertz CT molecular complexity index is 448. The number of aryl methyl sites for hydroxylation is 1. The molecule has 1 atom stereocenters. The van der Waals surface area contributed by atoms with Crippen molar-refractivity contribution >= 4 is 33.8 Å². The van der Waals surface area contributed by atoms with Gasteiger partial charge >= 0.3 is 0 Å². The van der Waals surface area contributed by atoms with Crippen LogP contribution >= 0.6 is 23.7 Å². The van der Waals surface area contributed by atoms with E-state index in [2.05, 4.69) is 5.32 Å². The molecule has 1 N–H and O–H groups in total. The molecule has 1 aromatic rings. The molecule has 0 aromatic carbocycles. The summed E-state index contributed by atoms with van der Waals surface area (Å²) in [6.07, 6.45) is 0.623. The summed E-state index contributed by atoms with van der Waals surface area (Å²) in [5, 5.41) is 5.23. The van der Waals surface area contributed by atoms with Crippen molar-refractivity contribution in [3.63, 3.8) is 0 Å². The van der Waals surface area contributed by atoms with Gasteiger partial charge in [-0.05, 0) is 24.8 Å². The number of nitrogens with zero attached hydrogens (tertiary/aromatic N) is 1. The Morgan fingerprint density at radius 3 is 2.94 bits per heavy atom. The second-order valence-corrected chi connectivity index (χ2v) is 7.48. The van der Waals surface area contributed by atoms with Gasteiger partial charge in [0, 0.05) is 30.6 Å². The van der Waals surface area contributed by atoms with Crippen molar-refractivity contribution in [2.24, 2.45) is 0 Å². The predicted molar refractivity (Wildman–Crippen MR) is 78.1 cm³/mol. The lowest BCUT2D eigenvalue weighted by Crippen LogP contribution is -2.51. The highest BCUT2D eigenvalue weighted by Crippen LogP contribution is 2.13. The van der Waals surface area contributed by atoms with Crippen LogP contribution < -0.4 is 5.32 Å². The highest BCUT2D eigenvalue weighted by molar-refractivity contribution is 7.89. The molecule has 1 unspecified atom stereocenters. The monoisotopic (exact) mass is 310 g/mol. The fourth-order valence-corrected chi connectivity index (χ4v) is 4.36. The average molecular weight is 311 g/mol. The summed E-state index contributed by atoms with van der Waals surface area (Å²) in [5.74, 6) is 0.222. The quantitative estimate of drug-likeness (QED) is 0.913. The van der Waals surface area contributed by atoms with Gasteiger partial charge in [0.1, 0.15) is 0 Å². The van der Waals surface area contributed by atoms with Crippen molar-refractivity contribution in [1.82, 2.24) is 9.62 Å². The molecule has 104 valence electrons. The zero-order valence-electron chi connectivity index (χ0n) is 10.3. The number of piperazine rings is 1. The molecule has 0 bridgehead atoms. The zero-order valence-corrected chi connectivity index (χ0v) is 12.8. The molecule has 1 aliphatic heterocycles. The fraction of sp³-hybridized carbons (Fsp3) is 0.636. The van der Waals surface area contributed by atoms with Crippen LogP contribution in [0.4, 0.5) is 0 Å². The van der Waals surface area contributed by atoms with Gasteiger partial charge in [0.25, 0.3) is 0 Å². The maximum absolute atomic E-state index is 12.1. The minimum atomic E-state index is -3.09. The highest BCUT2D eigenvalue weighted by atomic mass is 35.5. The van der Waals surface area contributed by atoms with Crippen LogP contribution in [-0.2, 0) is 16.4 Å². The van der Waals surface area contributed by atoms with Crippen LogP contribution in [0.25, 0.3) is 0 Å². The first kappa shape index (κ1) is 15.9. The first-order chi connectivity index (χ1) is 8.08. The van der Waals surface area contributed by atoms with Crippen LogP contribution in [0.3, 0.4) is 0 Å². The molecule has 1 aromatic heterocycles. The van der Waals surface area contributed by atoms with Crippen molar-refractivity contribution in [3.05, 3.63) is 22.4 Å². The van der Waals surface area contributed by atoms with E-state index in [1.165, 1.54) is 0 Å². The third-order valence-corrected chi connectivity index (χ3v) is 5.69. The summed E-state index contributed by atoms with van der Waals surface area (Å²) in [5.41, 5.74) is 0. The molecule has 1 fully saturated rings. The number of halogens is 1. The molecule has 2 rings (SSSR count). The lowest BCUT2D eigenvalue weighted by molar-refractivity contribution is 0.310. The van der Waals surface area contributed by atoms with Crippen molar-refractivity contribution in [2.45, 2.75) is 19.4 Å². The Labute approximate surface area is 119 Å². The number of rotatable bonds is 4. The van der Waals surface area contributed by atoms with E-state index in [-0.39, 0.29) is 24.2 Å². The molecule has 1 saturated heterocycles. The summed E-state index contributed by atoms with van der Waals surface area (Å²) in [4.78, 5) is 1.14. The Morgan fingerprint density at radius 2 is 2.33 bits per heavy atom. The molecule has 0 radical (unpaired) electrons. The normalized spacial score (nSPS) is 21.5. The largest absolute Gasteiger partial charge is 0.312 e. The highest BCUT2D eigenvalue weighted by Gasteiger charge is 2.26. The smallest absolute Gasteiger partial charge is 0.214 e. The van der Waals surface area contributed by atoms with Gasteiger partial charge in [0.15, 0.2) is 0 Å². The first-order valence-corrected chi connectivity index (χ1v) is 8.30. The van der Waals surface area contributed by atoms with Gasteiger partial charge in [-0.2, -0.15) is 4.31 Å². The summed E-state index contributed by atoms with van der Waals surface area (Å²) in [6.45, 7) is 3.95. The van der Waals surface area contributed by atoms with Crippen LogP contribution in [0.15, 0.2) is 17.5 Å². The van der Waals surface area contributed by atoms with E-state index in [1.54, 1.807) is 15.6 Å². The number of thiophene rings is 1. The fourth-order valence-electron chi connectivity index (χ4n) is 1.96. The molecule has 7 heteroatoms. The van der Waals surface area contributed by atoms with Crippen LogP contribution in [0.1, 0.15) is 11.8 Å². The number of hydrogen-bond donors (Lipinski definition) is 1. The predicted octanol–water partition coefficient (Wildman–Crippen LogP) is 1.34. The molecular weight excluding hydrogens is 292 g/mol. The molecule has 4 nitrogen and oxygen atoms in total. The van der Waals surface area contributed by atoms with Crippen molar-refractivity contribution in [2.75, 3.05) is 25.4 Å². The van der Waals surface area contributed by atoms with E-state index in [4.69, 9.17) is 0 Å². The van der Waals surface area contributed by atoms with Gasteiger partial charge in [0.2, 0.25) is 10.0 Å². The van der Waals surface area contributed by atoms with Crippen LogP contribution in [0, 0.1) is 0 Å². The van der Waals surface area contributed by atoms with Crippen molar-refractivity contribution in [3.8, 4) is 0 Å². The van der Waals surface area contributed by atoms with E-state index in [0.717, 1.165) is 11.4 Å². The Hall–Kier alpha value is -0.140. The third-order valence-electron chi connectivity index (χ3n) is 2.91. The van der Waals surface area contributed by atoms with Gasteiger partial charge in [-0.3, -0.25) is 0 Å². The van der Waals surface area contributed by atoms with Gasteiger partial charge in [-0.15, -0.1) is 23.7 Å². The van der Waals surface area contributed by atoms with Gasteiger partial charge < -0.3 is 5.32 Å². The minimum absolute atomic E-state index is 0. The number of nitrogens with one attached hydrogen (secondary N) is 1. The number of sulfonamides is 1. The topological polar surface area (TPSA) is 49.4 Å². The van der Waals surface area contributed by atoms with Crippen LogP contribution in [-0.4, -0.2) is 44.2 Å². The van der Waals surface area contributed by atoms with Gasteiger partial charge in [-0.25, -0.2) is 8.42 Å². The van der Waals surface area contributed by atoms with Crippen molar-refractivity contribution in [1.29, 1.82) is 0 Å². The maximum atomic E-state index is 12.1. The van der Waals surface area contributed by atoms with Crippen LogP contribution in [0.5, 0.6) is 0 Å². The maximum Gasteiger partial charge on any atom is 0.214 e. The van der Waals surface area contributed by atoms with Crippen LogP contribution in [0.2, 0.25) is 0 Å². The number of hydrogen-bond acceptors (Lipinski definition) is 4. The van der Waals surface area contributed by atoms with Gasteiger partial charge in [-0.1, -0.05) is 6.07 Å². The first-order valence-electron chi connectivity index (χ1n) is 5.81. The van der Waals surface area contributed by atoms with E-state index in [1.807, 2.05) is 24.4 Å². The summed E-state index contributed by atoms with van der Waals surface area (Å²) in [6, 6.07) is 4.19. The third kappa shape index (κ3) is 4.20. The molecular formula is C11H19ClN2O2S2. The van der Waals surface area contributed by atoms with Gasteiger partial charge in [0.05, 0.1) is 5.75 Å². The lowest BCUT2D eigenvalue weighted by atomic mass is 10.3. The van der Waals surface area contributed by atoms with E-state index in [0.29, 0.717) is 19.5 Å². The Morgan fingerprint density at radius 1 is 1.56 bits per heavy atom. The molecule has 2 heterocycles. The molecule has 0 aliphatic carbocycles. The zero-order chi connectivity index (χ0) is 12.3. The summed E-state index contributed by atoms with van der Waals surface area (Å²) < 4.78 is 25.9. The minimum Gasteiger partial charge on any atom is -0.312 e. The summed E-state index contributed by atoms with van der Waals surface area (Å²) in [7, 11) is -3.09. The second-order valence-electron chi connectivity index (χ2n) is 4.36. The molecule has 0 amide bonds. The summed E-state index contributed by atoms with van der Waals surface area (Å²) >= 11 is 1.62.